The number of alkyl halides is 6. The Kier molecular flexibility index (Phi) is 14.3. The summed E-state index contributed by atoms with van der Waals surface area (Å²) >= 11 is 0. The van der Waals surface area contributed by atoms with Crippen molar-refractivity contribution in [3.63, 3.8) is 0 Å². The predicted octanol–water partition coefficient (Wildman–Crippen LogP) is 4.61. The summed E-state index contributed by atoms with van der Waals surface area (Å²) < 4.78 is 87.4. The Morgan fingerprint density at radius 2 is 1.29 bits per heavy atom. The average Bonchev–Trinajstić information content (AvgIpc) is 2.51. The Morgan fingerprint density at radius 3 is 1.61 bits per heavy atom. The van der Waals surface area contributed by atoms with Crippen molar-refractivity contribution in [2.75, 3.05) is 13.2 Å². The van der Waals surface area contributed by atoms with Crippen LogP contribution in [0.15, 0.2) is 0 Å². The molecule has 0 saturated heterocycles. The monoisotopic (exact) mass is 486 g/mol. The zero-order valence-electron chi connectivity index (χ0n) is 18.5. The summed E-state index contributed by atoms with van der Waals surface area (Å²) in [5.74, 6) is -1.67. The number of ether oxygens (including phenoxy) is 2. The minimum absolute atomic E-state index is 0.00338. The zero-order valence-corrected chi connectivity index (χ0v) is 19.5. The maximum atomic E-state index is 12.9. The van der Waals surface area contributed by atoms with Gasteiger partial charge in [0.2, 0.25) is 0 Å². The molecule has 6 nitrogen and oxygen atoms in total. The zero-order chi connectivity index (χ0) is 25.0. The summed E-state index contributed by atoms with van der Waals surface area (Å²) in [6.07, 6.45) is -15.8. The van der Waals surface area contributed by atoms with Gasteiger partial charge in [0.15, 0.2) is 20.5 Å². The molecule has 0 fully saturated rings. The van der Waals surface area contributed by atoms with Crippen LogP contribution in [0.1, 0.15) is 40.5 Å². The number of rotatable bonds is 10. The molecule has 2 atom stereocenters. The maximum absolute atomic E-state index is 12.9. The van der Waals surface area contributed by atoms with E-state index in [1.54, 1.807) is 20.0 Å². The van der Waals surface area contributed by atoms with Gasteiger partial charge in [-0.05, 0) is 38.9 Å². The number of halogens is 6. The Hall–Kier alpha value is -1.34. The molecule has 2 unspecified atom stereocenters. The van der Waals surface area contributed by atoms with Crippen LogP contribution in [0, 0.1) is 5.92 Å². The van der Waals surface area contributed by atoms with Crippen molar-refractivity contribution < 1.29 is 54.9 Å². The fraction of sp³-hybridized carbons (Fsp3) is 0.889. The largest absolute Gasteiger partial charge is 0.466 e. The molecular weight excluding hydrogens is 454 g/mol. The lowest BCUT2D eigenvalue weighted by atomic mass is 10.2. The van der Waals surface area contributed by atoms with Gasteiger partial charge >= 0.3 is 24.3 Å². The third-order valence-electron chi connectivity index (χ3n) is 3.43. The van der Waals surface area contributed by atoms with Gasteiger partial charge < -0.3 is 19.0 Å². The molecular formula is C18H32F6O6Si. The minimum Gasteiger partial charge on any atom is -0.466 e. The Bertz CT molecular complexity index is 537. The number of esters is 2. The Labute approximate surface area is 179 Å². The lowest BCUT2D eigenvalue weighted by Gasteiger charge is -2.31. The van der Waals surface area contributed by atoms with Gasteiger partial charge in [0.1, 0.15) is 0 Å². The topological polar surface area (TPSA) is 82.1 Å². The molecule has 0 aliphatic heterocycles. The van der Waals surface area contributed by atoms with Gasteiger partial charge in [-0.1, -0.05) is 13.8 Å². The normalized spacial score (nSPS) is 14.4. The molecule has 0 radical (unpaired) electrons. The fourth-order valence-corrected chi connectivity index (χ4v) is 5.56. The number of hydrogen-bond acceptors (Lipinski definition) is 6. The van der Waals surface area contributed by atoms with E-state index >= 15 is 0 Å². The quantitative estimate of drug-likeness (QED) is 0.276. The van der Waals surface area contributed by atoms with Crippen LogP contribution in [0.2, 0.25) is 19.1 Å². The van der Waals surface area contributed by atoms with Crippen LogP contribution in [0.5, 0.6) is 0 Å². The van der Waals surface area contributed by atoms with Crippen molar-refractivity contribution in [1.82, 2.24) is 0 Å². The molecule has 0 aromatic carbocycles. The smallest absolute Gasteiger partial charge is 0.414 e. The van der Waals surface area contributed by atoms with E-state index in [4.69, 9.17) is 9.53 Å². The van der Waals surface area contributed by atoms with Crippen molar-refractivity contribution in [2.24, 2.45) is 5.92 Å². The van der Waals surface area contributed by atoms with Crippen molar-refractivity contribution >= 4 is 20.3 Å². The lowest BCUT2D eigenvalue weighted by Crippen LogP contribution is -2.44. The fourth-order valence-electron chi connectivity index (χ4n) is 2.51. The number of aliphatic hydroxyl groups excluding tert-OH is 1. The molecule has 0 aliphatic rings. The number of hydrogen-bond donors (Lipinski definition) is 1. The van der Waals surface area contributed by atoms with Crippen molar-refractivity contribution in [1.29, 1.82) is 0 Å². The highest BCUT2D eigenvalue weighted by Crippen LogP contribution is 2.30. The summed E-state index contributed by atoms with van der Waals surface area (Å²) in [6.45, 7) is 10.4. The Balaban J connectivity index is 0. The number of carbonyl (C=O) groups is 2. The van der Waals surface area contributed by atoms with Crippen LogP contribution < -0.4 is 0 Å². The lowest BCUT2D eigenvalue weighted by molar-refractivity contribution is -0.209. The van der Waals surface area contributed by atoms with Gasteiger partial charge in [-0.25, -0.2) is 0 Å². The molecule has 0 amide bonds. The van der Waals surface area contributed by atoms with Gasteiger partial charge in [-0.3, -0.25) is 9.59 Å². The summed E-state index contributed by atoms with van der Waals surface area (Å²) in [4.78, 5) is 21.6. The highest BCUT2D eigenvalue weighted by molar-refractivity contribution is 6.71. The standard InChI is InChI=1S/C12H23F3O3Si.C6H9F3O3/c1-6-17-11(16)7-10(12(13,14)15)18-19(4,5)8-9(2)3;1-2-12-5(11)3-4(10)6(7,8)9/h9-10H,6-8H2,1-5H3;4,10H,2-3H2,1H3. The molecule has 1 N–H and O–H groups in total. The second kappa shape index (κ2) is 13.9. The molecule has 186 valence electrons. The number of aliphatic hydroxyl groups is 1. The highest BCUT2D eigenvalue weighted by Gasteiger charge is 2.45. The van der Waals surface area contributed by atoms with Gasteiger partial charge in [0.25, 0.3) is 0 Å². The first kappa shape index (κ1) is 31.8. The molecule has 0 aromatic rings. The molecule has 0 rings (SSSR count). The summed E-state index contributed by atoms with van der Waals surface area (Å²) in [6, 6.07) is 0.613. The second-order valence-corrected chi connectivity index (χ2v) is 11.7. The van der Waals surface area contributed by atoms with Crippen LogP contribution in [0.25, 0.3) is 0 Å². The van der Waals surface area contributed by atoms with Crippen molar-refractivity contribution in [2.45, 2.75) is 84.2 Å². The van der Waals surface area contributed by atoms with Gasteiger partial charge in [0, 0.05) is 0 Å². The van der Waals surface area contributed by atoms with E-state index in [9.17, 15) is 35.9 Å². The third kappa shape index (κ3) is 17.0. The first-order chi connectivity index (χ1) is 13.9. The van der Waals surface area contributed by atoms with Gasteiger partial charge in [-0.2, -0.15) is 26.3 Å². The third-order valence-corrected chi connectivity index (χ3v) is 6.15. The molecule has 0 aliphatic carbocycles. The highest BCUT2D eigenvalue weighted by atomic mass is 28.4. The van der Waals surface area contributed by atoms with E-state index in [0.717, 1.165) is 0 Å². The van der Waals surface area contributed by atoms with Crippen LogP contribution in [0.3, 0.4) is 0 Å². The second-order valence-electron chi connectivity index (χ2n) is 7.58. The van der Waals surface area contributed by atoms with E-state index in [0.29, 0.717) is 6.04 Å². The van der Waals surface area contributed by atoms with Gasteiger partial charge in [0.05, 0.1) is 26.1 Å². The van der Waals surface area contributed by atoms with E-state index in [1.807, 2.05) is 13.8 Å². The maximum Gasteiger partial charge on any atom is 0.414 e. The van der Waals surface area contributed by atoms with Crippen molar-refractivity contribution in [3.8, 4) is 0 Å². The molecule has 0 bridgehead atoms. The minimum atomic E-state index is -4.76. The molecule has 0 spiro atoms. The summed E-state index contributed by atoms with van der Waals surface area (Å²) in [5.41, 5.74) is 0. The average molecular weight is 487 g/mol. The Morgan fingerprint density at radius 1 is 0.871 bits per heavy atom. The van der Waals surface area contributed by atoms with Crippen LogP contribution in [-0.2, 0) is 23.5 Å². The molecule has 0 saturated carbocycles. The summed E-state index contributed by atoms with van der Waals surface area (Å²) in [5, 5.41) is 8.36. The molecule has 13 heteroatoms. The van der Waals surface area contributed by atoms with Crippen LogP contribution >= 0.6 is 0 Å². The van der Waals surface area contributed by atoms with E-state index in [-0.39, 0.29) is 19.1 Å². The summed E-state index contributed by atoms with van der Waals surface area (Å²) in [7, 11) is -2.46. The van der Waals surface area contributed by atoms with Crippen LogP contribution in [0.4, 0.5) is 26.3 Å². The van der Waals surface area contributed by atoms with E-state index in [2.05, 4.69) is 9.47 Å². The molecule has 0 aromatic heterocycles. The number of carbonyl (C=O) groups excluding carboxylic acids is 2. The van der Waals surface area contributed by atoms with Gasteiger partial charge in [-0.15, -0.1) is 0 Å². The van der Waals surface area contributed by atoms with E-state index in [1.165, 1.54) is 6.92 Å². The molecule has 0 heterocycles. The van der Waals surface area contributed by atoms with Crippen molar-refractivity contribution in [3.05, 3.63) is 0 Å². The SMILES string of the molecule is CCOC(=O)CC(O)C(F)(F)F.CCOC(=O)CC(O[Si](C)(C)CC(C)C)C(F)(F)F. The van der Waals surface area contributed by atoms with Crippen LogP contribution in [-0.4, -0.2) is 63.1 Å². The first-order valence-corrected chi connectivity index (χ1v) is 12.8. The molecule has 31 heavy (non-hydrogen) atoms. The van der Waals surface area contributed by atoms with E-state index < -0.39 is 57.7 Å². The predicted molar refractivity (Wildman–Crippen MR) is 103 cm³/mol. The first-order valence-electron chi connectivity index (χ1n) is 9.66.